The van der Waals surface area contributed by atoms with Crippen molar-refractivity contribution in [1.29, 1.82) is 0 Å². The zero-order valence-electron chi connectivity index (χ0n) is 12.9. The standard InChI is InChI=1S/C15H19BrN2O5/c1-3-9(2)23-15(22)11(7-8-13(19)20)18-14(21)10-5-4-6-12(16)17-10/h4-6,9,11H,3,7-8H2,1-2H3,(H,18,21)(H,19,20). The molecule has 8 heteroatoms. The first-order valence-electron chi connectivity index (χ1n) is 7.19. The fourth-order valence-electron chi connectivity index (χ4n) is 1.65. The highest BCUT2D eigenvalue weighted by Gasteiger charge is 2.25. The highest BCUT2D eigenvalue weighted by atomic mass is 79.9. The van der Waals surface area contributed by atoms with Crippen LogP contribution in [0.5, 0.6) is 0 Å². The van der Waals surface area contributed by atoms with E-state index in [-0.39, 0.29) is 24.6 Å². The minimum absolute atomic E-state index is 0.0512. The molecule has 0 aliphatic rings. The van der Waals surface area contributed by atoms with Gasteiger partial charge in [-0.15, -0.1) is 0 Å². The number of hydrogen-bond donors (Lipinski definition) is 2. The van der Waals surface area contributed by atoms with Crippen molar-refractivity contribution in [3.63, 3.8) is 0 Å². The van der Waals surface area contributed by atoms with E-state index < -0.39 is 23.9 Å². The molecular formula is C15H19BrN2O5. The second-order valence-corrected chi connectivity index (χ2v) is 5.77. The van der Waals surface area contributed by atoms with Crippen molar-refractivity contribution in [2.24, 2.45) is 0 Å². The monoisotopic (exact) mass is 386 g/mol. The molecule has 0 spiro atoms. The van der Waals surface area contributed by atoms with Gasteiger partial charge in [-0.25, -0.2) is 9.78 Å². The number of nitrogens with zero attached hydrogens (tertiary/aromatic N) is 1. The van der Waals surface area contributed by atoms with Gasteiger partial charge in [0.15, 0.2) is 0 Å². The normalized spacial score (nSPS) is 13.0. The molecule has 0 aliphatic carbocycles. The summed E-state index contributed by atoms with van der Waals surface area (Å²) in [5.74, 6) is -2.27. The van der Waals surface area contributed by atoms with E-state index in [4.69, 9.17) is 9.84 Å². The van der Waals surface area contributed by atoms with Crippen LogP contribution in [0.3, 0.4) is 0 Å². The number of halogens is 1. The number of aromatic nitrogens is 1. The number of carbonyl (C=O) groups is 3. The Labute approximate surface area is 142 Å². The lowest BCUT2D eigenvalue weighted by molar-refractivity contribution is -0.151. The third kappa shape index (κ3) is 6.77. The van der Waals surface area contributed by atoms with Crippen molar-refractivity contribution >= 4 is 33.8 Å². The largest absolute Gasteiger partial charge is 0.481 e. The van der Waals surface area contributed by atoms with Crippen LogP contribution in [0.1, 0.15) is 43.6 Å². The Kier molecular flexibility index (Phi) is 7.67. The summed E-state index contributed by atoms with van der Waals surface area (Å²) < 4.78 is 5.66. The van der Waals surface area contributed by atoms with Gasteiger partial charge in [0.2, 0.25) is 0 Å². The number of pyridine rings is 1. The van der Waals surface area contributed by atoms with Gasteiger partial charge in [-0.3, -0.25) is 9.59 Å². The van der Waals surface area contributed by atoms with E-state index in [1.54, 1.807) is 19.1 Å². The molecule has 0 saturated heterocycles. The van der Waals surface area contributed by atoms with Gasteiger partial charge in [0, 0.05) is 6.42 Å². The molecule has 2 unspecified atom stereocenters. The lowest BCUT2D eigenvalue weighted by atomic mass is 10.1. The first kappa shape index (κ1) is 19.1. The summed E-state index contributed by atoms with van der Waals surface area (Å²) in [6, 6.07) is 3.76. The predicted octanol–water partition coefficient (Wildman–Crippen LogP) is 2.15. The summed E-state index contributed by atoms with van der Waals surface area (Å²) in [5, 5.41) is 11.3. The Bertz CT molecular complexity index is 579. The number of ether oxygens (including phenoxy) is 1. The van der Waals surface area contributed by atoms with Crippen LogP contribution < -0.4 is 5.32 Å². The minimum Gasteiger partial charge on any atom is -0.481 e. The fourth-order valence-corrected chi connectivity index (χ4v) is 1.99. The summed E-state index contributed by atoms with van der Waals surface area (Å²) in [4.78, 5) is 39.0. The second-order valence-electron chi connectivity index (χ2n) is 4.96. The van der Waals surface area contributed by atoms with Gasteiger partial charge in [0.05, 0.1) is 6.10 Å². The molecule has 7 nitrogen and oxygen atoms in total. The summed E-state index contributed by atoms with van der Waals surface area (Å²) in [5.41, 5.74) is 0.121. The second kappa shape index (κ2) is 9.24. The van der Waals surface area contributed by atoms with Crippen LogP contribution in [0, 0.1) is 0 Å². The van der Waals surface area contributed by atoms with Gasteiger partial charge in [-0.1, -0.05) is 13.0 Å². The van der Waals surface area contributed by atoms with Crippen LogP contribution in [0.2, 0.25) is 0 Å². The maximum Gasteiger partial charge on any atom is 0.328 e. The Hall–Kier alpha value is -1.96. The predicted molar refractivity (Wildman–Crippen MR) is 85.9 cm³/mol. The molecule has 0 bridgehead atoms. The van der Waals surface area contributed by atoms with E-state index in [2.05, 4.69) is 26.2 Å². The van der Waals surface area contributed by atoms with E-state index in [0.717, 1.165) is 0 Å². The minimum atomic E-state index is -1.05. The zero-order valence-corrected chi connectivity index (χ0v) is 14.5. The lowest BCUT2D eigenvalue weighted by Crippen LogP contribution is -2.43. The third-order valence-electron chi connectivity index (χ3n) is 3.08. The lowest BCUT2D eigenvalue weighted by Gasteiger charge is -2.19. The summed E-state index contributed by atoms with van der Waals surface area (Å²) in [6.45, 7) is 3.58. The molecule has 1 amide bonds. The number of amides is 1. The zero-order chi connectivity index (χ0) is 17.4. The van der Waals surface area contributed by atoms with Crippen LogP contribution in [0.25, 0.3) is 0 Å². The van der Waals surface area contributed by atoms with Crippen LogP contribution >= 0.6 is 15.9 Å². The molecule has 2 N–H and O–H groups in total. The molecule has 0 fully saturated rings. The van der Waals surface area contributed by atoms with Crippen LogP contribution in [-0.4, -0.2) is 40.1 Å². The average molecular weight is 387 g/mol. The van der Waals surface area contributed by atoms with Gasteiger partial charge in [-0.05, 0) is 47.8 Å². The highest BCUT2D eigenvalue weighted by molar-refractivity contribution is 9.10. The third-order valence-corrected chi connectivity index (χ3v) is 3.52. The Morgan fingerprint density at radius 1 is 1.39 bits per heavy atom. The number of carboxylic acid groups (broad SMARTS) is 1. The van der Waals surface area contributed by atoms with Crippen LogP contribution in [0.4, 0.5) is 0 Å². The molecule has 0 saturated carbocycles. The summed E-state index contributed by atoms with van der Waals surface area (Å²) in [7, 11) is 0. The number of carboxylic acids is 1. The molecule has 23 heavy (non-hydrogen) atoms. The van der Waals surface area contributed by atoms with Crippen molar-refractivity contribution in [3.8, 4) is 0 Å². The van der Waals surface area contributed by atoms with E-state index in [1.807, 2.05) is 6.92 Å². The Morgan fingerprint density at radius 3 is 2.65 bits per heavy atom. The van der Waals surface area contributed by atoms with E-state index >= 15 is 0 Å². The van der Waals surface area contributed by atoms with E-state index in [0.29, 0.717) is 11.0 Å². The first-order valence-corrected chi connectivity index (χ1v) is 7.98. The first-order chi connectivity index (χ1) is 10.8. The number of esters is 1. The van der Waals surface area contributed by atoms with Crippen molar-refractivity contribution in [2.45, 2.75) is 45.3 Å². The van der Waals surface area contributed by atoms with E-state index in [1.165, 1.54) is 6.07 Å². The maximum atomic E-state index is 12.2. The Morgan fingerprint density at radius 2 is 2.09 bits per heavy atom. The van der Waals surface area contributed by atoms with Gasteiger partial charge in [0.25, 0.3) is 5.91 Å². The molecule has 0 aliphatic heterocycles. The number of carbonyl (C=O) groups excluding carboxylic acids is 2. The molecule has 0 radical (unpaired) electrons. The topological polar surface area (TPSA) is 106 Å². The molecule has 0 aromatic carbocycles. The molecule has 126 valence electrons. The van der Waals surface area contributed by atoms with Crippen LogP contribution in [0.15, 0.2) is 22.8 Å². The maximum absolute atomic E-state index is 12.2. The van der Waals surface area contributed by atoms with E-state index in [9.17, 15) is 14.4 Å². The van der Waals surface area contributed by atoms with Gasteiger partial charge in [-0.2, -0.15) is 0 Å². The number of hydrogen-bond acceptors (Lipinski definition) is 5. The van der Waals surface area contributed by atoms with Crippen molar-refractivity contribution in [1.82, 2.24) is 10.3 Å². The number of aliphatic carboxylic acids is 1. The smallest absolute Gasteiger partial charge is 0.328 e. The SMILES string of the molecule is CCC(C)OC(=O)C(CCC(=O)O)NC(=O)c1cccc(Br)n1. The average Bonchev–Trinajstić information content (AvgIpc) is 2.50. The molecule has 2 atom stereocenters. The Balaban J connectivity index is 2.80. The van der Waals surface area contributed by atoms with Crippen molar-refractivity contribution < 1.29 is 24.2 Å². The van der Waals surface area contributed by atoms with Gasteiger partial charge < -0.3 is 15.2 Å². The summed E-state index contributed by atoms with van der Waals surface area (Å²) >= 11 is 3.16. The van der Waals surface area contributed by atoms with Crippen LogP contribution in [-0.2, 0) is 14.3 Å². The fraction of sp³-hybridized carbons (Fsp3) is 0.467. The molecule has 1 rings (SSSR count). The molecule has 1 aromatic rings. The van der Waals surface area contributed by atoms with Crippen molar-refractivity contribution in [2.75, 3.05) is 0 Å². The molecule has 1 aromatic heterocycles. The highest BCUT2D eigenvalue weighted by Crippen LogP contribution is 2.09. The number of nitrogens with one attached hydrogen (secondary N) is 1. The van der Waals surface area contributed by atoms with Crippen molar-refractivity contribution in [3.05, 3.63) is 28.5 Å². The summed E-state index contributed by atoms with van der Waals surface area (Å²) in [6.07, 6.45) is 0.00530. The number of rotatable bonds is 8. The van der Waals surface area contributed by atoms with Gasteiger partial charge >= 0.3 is 11.9 Å². The molecular weight excluding hydrogens is 368 g/mol. The quantitative estimate of drug-likeness (QED) is 0.523. The molecule has 1 heterocycles. The van der Waals surface area contributed by atoms with Gasteiger partial charge in [0.1, 0.15) is 16.3 Å².